The summed E-state index contributed by atoms with van der Waals surface area (Å²) >= 11 is 0. The molecule has 0 saturated heterocycles. The van der Waals surface area contributed by atoms with Crippen molar-refractivity contribution >= 4 is 21.6 Å². The van der Waals surface area contributed by atoms with E-state index >= 15 is 0 Å². The Morgan fingerprint density at radius 2 is 1.44 bits per heavy atom. The minimum atomic E-state index is -1.40. The Bertz CT molecular complexity index is 1100. The van der Waals surface area contributed by atoms with Gasteiger partial charge in [0.1, 0.15) is 6.10 Å². The van der Waals surface area contributed by atoms with E-state index in [0.29, 0.717) is 10.5 Å². The van der Waals surface area contributed by atoms with Gasteiger partial charge in [0.05, 0.1) is 15.7 Å². The van der Waals surface area contributed by atoms with Crippen LogP contribution in [0.4, 0.5) is 0 Å². The predicted molar refractivity (Wildman–Crippen MR) is 110 cm³/mol. The Labute approximate surface area is 161 Å². The van der Waals surface area contributed by atoms with E-state index in [2.05, 4.69) is 0 Å². The van der Waals surface area contributed by atoms with Crippen molar-refractivity contribution in [2.24, 2.45) is 0 Å². The molecule has 0 radical (unpaired) electrons. The van der Waals surface area contributed by atoms with Gasteiger partial charge >= 0.3 is 0 Å². The topological polar surface area (TPSA) is 37.3 Å². The van der Waals surface area contributed by atoms with Crippen molar-refractivity contribution in [1.82, 2.24) is 0 Å². The highest BCUT2D eigenvalue weighted by Crippen LogP contribution is 2.34. The molecule has 1 N–H and O–H groups in total. The van der Waals surface area contributed by atoms with Crippen LogP contribution in [0.3, 0.4) is 0 Å². The van der Waals surface area contributed by atoms with Crippen LogP contribution in [0.1, 0.15) is 22.8 Å². The molecule has 4 rings (SSSR count). The third-order valence-corrected chi connectivity index (χ3v) is 6.27. The fraction of sp³-hybridized carbons (Fsp3) is 0.0833. The Morgan fingerprint density at radius 1 is 0.778 bits per heavy atom. The second-order valence-electron chi connectivity index (χ2n) is 6.60. The lowest BCUT2D eigenvalue weighted by atomic mass is 9.98. The fourth-order valence-corrected chi connectivity index (χ4v) is 4.68. The number of fused-ring (bicyclic) bond motifs is 1. The van der Waals surface area contributed by atoms with E-state index in [1.54, 1.807) is 0 Å². The van der Waals surface area contributed by atoms with Crippen molar-refractivity contribution in [2.45, 2.75) is 22.8 Å². The number of hydrogen-bond donors (Lipinski definition) is 1. The summed E-state index contributed by atoms with van der Waals surface area (Å²) < 4.78 is 13.5. The summed E-state index contributed by atoms with van der Waals surface area (Å²) in [5, 5.41) is 13.0. The maximum absolute atomic E-state index is 13.5. The van der Waals surface area contributed by atoms with Crippen LogP contribution < -0.4 is 0 Å². The van der Waals surface area contributed by atoms with Gasteiger partial charge in [-0.25, -0.2) is 4.21 Å². The first kappa shape index (κ1) is 17.7. The first-order valence-corrected chi connectivity index (χ1v) is 10.0. The van der Waals surface area contributed by atoms with Gasteiger partial charge in [-0.1, -0.05) is 84.4 Å². The van der Waals surface area contributed by atoms with Gasteiger partial charge in [0.15, 0.2) is 0 Å². The molecule has 1 unspecified atom stereocenters. The summed E-state index contributed by atoms with van der Waals surface area (Å²) in [7, 11) is -1.40. The molecule has 0 aliphatic heterocycles. The number of aliphatic hydroxyl groups is 1. The van der Waals surface area contributed by atoms with Gasteiger partial charge in [0.25, 0.3) is 0 Å². The third kappa shape index (κ3) is 3.44. The number of benzene rings is 4. The van der Waals surface area contributed by atoms with Crippen molar-refractivity contribution in [1.29, 1.82) is 0 Å². The standard InChI is InChI=1S/C24H20O2S/c1-17-11-14-20(15-12-17)27(26)24-21-10-6-5-7-18(21)13-16-22(24)23(25)19-8-3-2-4-9-19/h2-16,23,25H,1H3/t23-,27?/m0/s1. The van der Waals surface area contributed by atoms with Crippen molar-refractivity contribution in [2.75, 3.05) is 0 Å². The quantitative estimate of drug-likeness (QED) is 0.521. The fourth-order valence-electron chi connectivity index (χ4n) is 3.28. The SMILES string of the molecule is Cc1ccc(S(=O)c2c([C@@H](O)c3ccccc3)ccc3ccccc23)cc1. The molecule has 0 bridgehead atoms. The van der Waals surface area contributed by atoms with Crippen molar-refractivity contribution < 1.29 is 9.32 Å². The zero-order valence-electron chi connectivity index (χ0n) is 15.0. The molecule has 0 aliphatic carbocycles. The van der Waals surface area contributed by atoms with Gasteiger partial charge in [-0.3, -0.25) is 0 Å². The van der Waals surface area contributed by atoms with Crippen LogP contribution in [0.15, 0.2) is 101 Å². The van der Waals surface area contributed by atoms with E-state index in [1.807, 2.05) is 97.9 Å². The lowest BCUT2D eigenvalue weighted by Gasteiger charge is -2.18. The van der Waals surface area contributed by atoms with Crippen molar-refractivity contribution in [3.63, 3.8) is 0 Å². The van der Waals surface area contributed by atoms with Crippen LogP contribution in [-0.4, -0.2) is 9.32 Å². The number of hydrogen-bond acceptors (Lipinski definition) is 2. The molecule has 2 nitrogen and oxygen atoms in total. The average molecular weight is 372 g/mol. The first-order valence-electron chi connectivity index (χ1n) is 8.88. The van der Waals surface area contributed by atoms with E-state index in [9.17, 15) is 9.32 Å². The molecule has 27 heavy (non-hydrogen) atoms. The molecule has 0 aliphatic rings. The predicted octanol–water partition coefficient (Wildman–Crippen LogP) is 5.40. The Balaban J connectivity index is 1.93. The zero-order chi connectivity index (χ0) is 18.8. The maximum Gasteiger partial charge on any atom is 0.105 e. The molecule has 4 aromatic rings. The molecule has 2 atom stereocenters. The maximum atomic E-state index is 13.5. The molecule has 0 fully saturated rings. The molecule has 0 spiro atoms. The highest BCUT2D eigenvalue weighted by molar-refractivity contribution is 7.85. The van der Waals surface area contributed by atoms with Gasteiger partial charge in [0, 0.05) is 10.5 Å². The Kier molecular flexibility index (Phi) is 4.88. The summed E-state index contributed by atoms with van der Waals surface area (Å²) in [6.45, 7) is 2.01. The van der Waals surface area contributed by atoms with Gasteiger partial charge in [-0.05, 0) is 35.4 Å². The minimum Gasteiger partial charge on any atom is -0.384 e. The van der Waals surface area contributed by atoms with E-state index in [1.165, 1.54) is 0 Å². The number of aliphatic hydroxyl groups excluding tert-OH is 1. The number of rotatable bonds is 4. The van der Waals surface area contributed by atoms with Crippen molar-refractivity contribution in [3.05, 3.63) is 108 Å². The molecule has 0 aromatic heterocycles. The molecular weight excluding hydrogens is 352 g/mol. The molecule has 4 aromatic carbocycles. The molecule has 0 amide bonds. The largest absolute Gasteiger partial charge is 0.384 e. The normalized spacial score (nSPS) is 13.4. The van der Waals surface area contributed by atoms with Gasteiger partial charge in [0.2, 0.25) is 0 Å². The zero-order valence-corrected chi connectivity index (χ0v) is 15.8. The smallest absolute Gasteiger partial charge is 0.105 e. The van der Waals surface area contributed by atoms with E-state index in [0.717, 1.165) is 26.8 Å². The Hall–Kier alpha value is -2.75. The highest BCUT2D eigenvalue weighted by Gasteiger charge is 2.21. The summed E-state index contributed by atoms with van der Waals surface area (Å²) in [6, 6.07) is 29.0. The first-order chi connectivity index (χ1) is 13.1. The van der Waals surface area contributed by atoms with Gasteiger partial charge < -0.3 is 5.11 Å². The van der Waals surface area contributed by atoms with E-state index < -0.39 is 16.9 Å². The van der Waals surface area contributed by atoms with E-state index in [4.69, 9.17) is 0 Å². The lowest BCUT2D eigenvalue weighted by Crippen LogP contribution is -2.06. The van der Waals surface area contributed by atoms with Gasteiger partial charge in [-0.15, -0.1) is 0 Å². The second-order valence-corrected chi connectivity index (χ2v) is 8.02. The summed E-state index contributed by atoms with van der Waals surface area (Å²) in [6.07, 6.45) is -0.833. The van der Waals surface area contributed by atoms with Gasteiger partial charge in [-0.2, -0.15) is 0 Å². The second kappa shape index (κ2) is 7.47. The lowest BCUT2D eigenvalue weighted by molar-refractivity contribution is 0.217. The van der Waals surface area contributed by atoms with Crippen LogP contribution in [0.25, 0.3) is 10.8 Å². The monoisotopic (exact) mass is 372 g/mol. The molecule has 0 heterocycles. The minimum absolute atomic E-state index is 0.674. The summed E-state index contributed by atoms with van der Waals surface area (Å²) in [5.41, 5.74) is 2.59. The molecule has 134 valence electrons. The van der Waals surface area contributed by atoms with Crippen molar-refractivity contribution in [3.8, 4) is 0 Å². The molecular formula is C24H20O2S. The molecule has 3 heteroatoms. The van der Waals surface area contributed by atoms with Crippen LogP contribution >= 0.6 is 0 Å². The number of aryl methyl sites for hydroxylation is 1. The summed E-state index contributed by atoms with van der Waals surface area (Å²) in [5.74, 6) is 0. The third-order valence-electron chi connectivity index (χ3n) is 4.74. The average Bonchev–Trinajstić information content (AvgIpc) is 2.73. The summed E-state index contributed by atoms with van der Waals surface area (Å²) in [4.78, 5) is 1.41. The van der Waals surface area contributed by atoms with Crippen LogP contribution in [0.2, 0.25) is 0 Å². The highest BCUT2D eigenvalue weighted by atomic mass is 32.2. The van der Waals surface area contributed by atoms with Crippen LogP contribution in [-0.2, 0) is 10.8 Å². The molecule has 0 saturated carbocycles. The van der Waals surface area contributed by atoms with Crippen LogP contribution in [0.5, 0.6) is 0 Å². The Morgan fingerprint density at radius 3 is 2.19 bits per heavy atom. The van der Waals surface area contributed by atoms with E-state index in [-0.39, 0.29) is 0 Å². The van der Waals surface area contributed by atoms with Crippen LogP contribution in [0, 0.1) is 6.92 Å².